The van der Waals surface area contributed by atoms with Gasteiger partial charge in [-0.05, 0) is 42.7 Å². The second-order valence-corrected chi connectivity index (χ2v) is 6.40. The highest BCUT2D eigenvalue weighted by Crippen LogP contribution is 2.58. The summed E-state index contributed by atoms with van der Waals surface area (Å²) in [6, 6.07) is 8.05. The smallest absolute Gasteiger partial charge is 0.0456 e. The van der Waals surface area contributed by atoms with E-state index < -0.39 is 0 Å². The number of nitrogens with two attached hydrogens (primary N) is 1. The average Bonchev–Trinajstić information content (AvgIpc) is 2.28. The molecule has 1 saturated carbocycles. The van der Waals surface area contributed by atoms with Gasteiger partial charge in [-0.3, -0.25) is 0 Å². The highest BCUT2D eigenvalue weighted by molar-refractivity contribution is 6.31. The molecule has 1 nitrogen and oxygen atoms in total. The fourth-order valence-electron chi connectivity index (χ4n) is 3.88. The first-order valence-corrected chi connectivity index (χ1v) is 7.47. The maximum Gasteiger partial charge on any atom is 0.0456 e. The molecule has 0 atom stereocenters. The topological polar surface area (TPSA) is 26.0 Å². The van der Waals surface area contributed by atoms with Crippen molar-refractivity contribution in [3.05, 3.63) is 34.9 Å². The zero-order valence-electron chi connectivity index (χ0n) is 11.5. The number of hydrogen-bond donors (Lipinski definition) is 1. The van der Waals surface area contributed by atoms with Crippen molar-refractivity contribution in [2.75, 3.05) is 0 Å². The summed E-state index contributed by atoms with van der Waals surface area (Å²) in [6.07, 6.45) is 7.27. The second kappa shape index (κ2) is 5.22. The van der Waals surface area contributed by atoms with E-state index in [2.05, 4.69) is 19.9 Å². The minimum absolute atomic E-state index is 0.192. The van der Waals surface area contributed by atoms with Crippen molar-refractivity contribution in [3.63, 3.8) is 0 Å². The molecule has 1 aromatic carbocycles. The zero-order chi connectivity index (χ0) is 13.2. The standard InChI is InChI=1S/C16H24ClN/c1-3-9-15(10-4-2)11-16(18,12-15)13-7-5-6-8-14(13)17/h5-8H,3-4,9-12,18H2,1-2H3. The van der Waals surface area contributed by atoms with Crippen LogP contribution < -0.4 is 5.73 Å². The molecule has 0 saturated heterocycles. The lowest BCUT2D eigenvalue weighted by Crippen LogP contribution is -2.55. The lowest BCUT2D eigenvalue weighted by atomic mass is 9.52. The van der Waals surface area contributed by atoms with Crippen molar-refractivity contribution < 1.29 is 0 Å². The maximum absolute atomic E-state index is 6.58. The molecule has 0 aliphatic heterocycles. The summed E-state index contributed by atoms with van der Waals surface area (Å²) in [7, 11) is 0. The van der Waals surface area contributed by atoms with E-state index in [0.29, 0.717) is 5.41 Å². The number of hydrogen-bond acceptors (Lipinski definition) is 1. The van der Waals surface area contributed by atoms with Crippen LogP contribution in [0.5, 0.6) is 0 Å². The SMILES string of the molecule is CCCC1(CCC)CC(N)(c2ccccc2Cl)C1. The number of rotatable bonds is 5. The van der Waals surface area contributed by atoms with Crippen molar-refractivity contribution in [1.82, 2.24) is 0 Å². The molecule has 100 valence electrons. The highest BCUT2D eigenvalue weighted by atomic mass is 35.5. The van der Waals surface area contributed by atoms with E-state index in [0.717, 1.165) is 23.4 Å². The summed E-state index contributed by atoms with van der Waals surface area (Å²) >= 11 is 6.29. The third-order valence-electron chi connectivity index (χ3n) is 4.35. The van der Waals surface area contributed by atoms with Crippen molar-refractivity contribution in [3.8, 4) is 0 Å². The third kappa shape index (κ3) is 2.44. The predicted octanol–water partition coefficient (Wildman–Crippen LogP) is 4.87. The van der Waals surface area contributed by atoms with Gasteiger partial charge in [0.15, 0.2) is 0 Å². The number of halogens is 1. The molecule has 1 fully saturated rings. The van der Waals surface area contributed by atoms with Gasteiger partial charge in [-0.1, -0.05) is 56.5 Å². The van der Waals surface area contributed by atoms with E-state index in [4.69, 9.17) is 17.3 Å². The van der Waals surface area contributed by atoms with Gasteiger partial charge in [-0.25, -0.2) is 0 Å². The van der Waals surface area contributed by atoms with Crippen LogP contribution in [0.3, 0.4) is 0 Å². The van der Waals surface area contributed by atoms with Crippen LogP contribution in [-0.4, -0.2) is 0 Å². The Labute approximate surface area is 116 Å². The summed E-state index contributed by atoms with van der Waals surface area (Å²) in [5, 5.41) is 0.821. The average molecular weight is 266 g/mol. The van der Waals surface area contributed by atoms with Gasteiger partial charge in [0.2, 0.25) is 0 Å². The molecule has 0 aromatic heterocycles. The maximum atomic E-state index is 6.58. The van der Waals surface area contributed by atoms with Crippen LogP contribution in [0, 0.1) is 5.41 Å². The molecule has 0 spiro atoms. The van der Waals surface area contributed by atoms with Crippen LogP contribution in [0.4, 0.5) is 0 Å². The van der Waals surface area contributed by atoms with Gasteiger partial charge in [0.25, 0.3) is 0 Å². The van der Waals surface area contributed by atoms with Gasteiger partial charge in [-0.15, -0.1) is 0 Å². The molecule has 0 bridgehead atoms. The molecule has 1 aromatic rings. The lowest BCUT2D eigenvalue weighted by molar-refractivity contribution is 0.00629. The molecule has 0 amide bonds. The van der Waals surface area contributed by atoms with Gasteiger partial charge in [0, 0.05) is 10.6 Å². The third-order valence-corrected chi connectivity index (χ3v) is 4.68. The quantitative estimate of drug-likeness (QED) is 0.807. The van der Waals surface area contributed by atoms with Gasteiger partial charge in [-0.2, -0.15) is 0 Å². The molecule has 0 heterocycles. The molecule has 1 aliphatic carbocycles. The van der Waals surface area contributed by atoms with Crippen LogP contribution in [0.1, 0.15) is 57.9 Å². The molecule has 1 aliphatic rings. The lowest BCUT2D eigenvalue weighted by Gasteiger charge is -2.55. The van der Waals surface area contributed by atoms with Crippen molar-refractivity contribution >= 4 is 11.6 Å². The molecule has 0 unspecified atom stereocenters. The Bertz CT molecular complexity index is 399. The van der Waals surface area contributed by atoms with E-state index in [1.165, 1.54) is 25.7 Å². The Morgan fingerprint density at radius 2 is 1.67 bits per heavy atom. The zero-order valence-corrected chi connectivity index (χ0v) is 12.3. The first-order valence-electron chi connectivity index (χ1n) is 7.09. The van der Waals surface area contributed by atoms with Gasteiger partial charge in [0.1, 0.15) is 0 Å². The molecule has 2 N–H and O–H groups in total. The van der Waals surface area contributed by atoms with Crippen LogP contribution in [-0.2, 0) is 5.54 Å². The molecule has 0 radical (unpaired) electrons. The van der Waals surface area contributed by atoms with Crippen LogP contribution >= 0.6 is 11.6 Å². The Hall–Kier alpha value is -0.530. The fraction of sp³-hybridized carbons (Fsp3) is 0.625. The molecular weight excluding hydrogens is 242 g/mol. The summed E-state index contributed by atoms with van der Waals surface area (Å²) in [6.45, 7) is 4.53. The Morgan fingerprint density at radius 1 is 1.11 bits per heavy atom. The molecule has 2 rings (SSSR count). The summed E-state index contributed by atoms with van der Waals surface area (Å²) in [5.41, 5.74) is 7.99. The normalized spacial score (nSPS) is 20.4. The van der Waals surface area contributed by atoms with Crippen molar-refractivity contribution in [2.45, 2.75) is 57.9 Å². The number of benzene rings is 1. The Morgan fingerprint density at radius 3 is 2.17 bits per heavy atom. The van der Waals surface area contributed by atoms with Crippen molar-refractivity contribution in [2.24, 2.45) is 11.1 Å². The van der Waals surface area contributed by atoms with E-state index >= 15 is 0 Å². The molecular formula is C16H24ClN. The Balaban J connectivity index is 2.16. The van der Waals surface area contributed by atoms with Gasteiger partial charge < -0.3 is 5.73 Å². The first-order chi connectivity index (χ1) is 8.55. The van der Waals surface area contributed by atoms with E-state index in [1.807, 2.05) is 18.2 Å². The summed E-state index contributed by atoms with van der Waals surface area (Å²) < 4.78 is 0. The van der Waals surface area contributed by atoms with Crippen molar-refractivity contribution in [1.29, 1.82) is 0 Å². The monoisotopic (exact) mass is 265 g/mol. The van der Waals surface area contributed by atoms with E-state index in [9.17, 15) is 0 Å². The molecule has 18 heavy (non-hydrogen) atoms. The highest BCUT2D eigenvalue weighted by Gasteiger charge is 2.52. The van der Waals surface area contributed by atoms with E-state index in [-0.39, 0.29) is 5.54 Å². The first kappa shape index (κ1) is 13.9. The summed E-state index contributed by atoms with van der Waals surface area (Å²) in [4.78, 5) is 0. The van der Waals surface area contributed by atoms with E-state index in [1.54, 1.807) is 0 Å². The minimum Gasteiger partial charge on any atom is -0.321 e. The minimum atomic E-state index is -0.192. The van der Waals surface area contributed by atoms with Crippen LogP contribution in [0.25, 0.3) is 0 Å². The van der Waals surface area contributed by atoms with Crippen LogP contribution in [0.2, 0.25) is 5.02 Å². The van der Waals surface area contributed by atoms with Crippen LogP contribution in [0.15, 0.2) is 24.3 Å². The predicted molar refractivity (Wildman–Crippen MR) is 78.8 cm³/mol. The van der Waals surface area contributed by atoms with Gasteiger partial charge in [0.05, 0.1) is 0 Å². The largest absolute Gasteiger partial charge is 0.321 e. The second-order valence-electron chi connectivity index (χ2n) is 5.99. The van der Waals surface area contributed by atoms with Gasteiger partial charge >= 0.3 is 0 Å². The molecule has 2 heteroatoms. The summed E-state index contributed by atoms with van der Waals surface area (Å²) in [5.74, 6) is 0. The fourth-order valence-corrected chi connectivity index (χ4v) is 4.21. The Kier molecular flexibility index (Phi) is 4.03.